The molecule has 0 radical (unpaired) electrons. The molecule has 29 heavy (non-hydrogen) atoms. The predicted octanol–water partition coefficient (Wildman–Crippen LogP) is 4.04. The largest absolute Gasteiger partial charge is 0.462 e. The SMILES string of the molecule is CCCOC(=O)c1ccc(NC(=O)C2CC(=O)N(c3ccc(F)c(Cl)c3)C2)cc1. The summed E-state index contributed by atoms with van der Waals surface area (Å²) in [6, 6.07) is 10.4. The summed E-state index contributed by atoms with van der Waals surface area (Å²) in [5.74, 6) is -2.09. The first kappa shape index (κ1) is 20.8. The summed E-state index contributed by atoms with van der Waals surface area (Å²) in [5.41, 5.74) is 1.36. The highest BCUT2D eigenvalue weighted by Crippen LogP contribution is 2.29. The van der Waals surface area contributed by atoms with Crippen LogP contribution in [0.25, 0.3) is 0 Å². The van der Waals surface area contributed by atoms with Crippen molar-refractivity contribution >= 4 is 40.8 Å². The van der Waals surface area contributed by atoms with Crippen molar-refractivity contribution in [1.29, 1.82) is 0 Å². The summed E-state index contributed by atoms with van der Waals surface area (Å²) < 4.78 is 18.4. The summed E-state index contributed by atoms with van der Waals surface area (Å²) in [4.78, 5) is 38.1. The number of carbonyl (C=O) groups is 3. The van der Waals surface area contributed by atoms with Crippen molar-refractivity contribution in [3.8, 4) is 0 Å². The lowest BCUT2D eigenvalue weighted by Crippen LogP contribution is -2.28. The van der Waals surface area contributed by atoms with Gasteiger partial charge in [-0.05, 0) is 48.9 Å². The van der Waals surface area contributed by atoms with Gasteiger partial charge in [0.15, 0.2) is 0 Å². The van der Waals surface area contributed by atoms with Crippen molar-refractivity contribution in [2.45, 2.75) is 19.8 Å². The first-order valence-electron chi connectivity index (χ1n) is 9.22. The zero-order valence-electron chi connectivity index (χ0n) is 15.8. The number of esters is 1. The molecule has 2 aromatic rings. The molecule has 2 aromatic carbocycles. The molecular formula is C21H20ClFN2O4. The Balaban J connectivity index is 1.62. The van der Waals surface area contributed by atoms with Crippen LogP contribution < -0.4 is 10.2 Å². The Morgan fingerprint density at radius 2 is 1.97 bits per heavy atom. The molecule has 1 heterocycles. The van der Waals surface area contributed by atoms with Gasteiger partial charge in [0.2, 0.25) is 11.8 Å². The molecule has 1 aliphatic rings. The third-order valence-corrected chi connectivity index (χ3v) is 4.83. The summed E-state index contributed by atoms with van der Waals surface area (Å²) in [7, 11) is 0. The maximum Gasteiger partial charge on any atom is 0.338 e. The van der Waals surface area contributed by atoms with Crippen LogP contribution in [0.15, 0.2) is 42.5 Å². The topological polar surface area (TPSA) is 75.7 Å². The number of hydrogen-bond acceptors (Lipinski definition) is 4. The second-order valence-corrected chi connectivity index (χ2v) is 7.11. The van der Waals surface area contributed by atoms with Gasteiger partial charge in [-0.1, -0.05) is 18.5 Å². The van der Waals surface area contributed by atoms with Gasteiger partial charge in [0.05, 0.1) is 23.1 Å². The maximum atomic E-state index is 13.3. The minimum absolute atomic E-state index is 0.0439. The molecule has 6 nitrogen and oxygen atoms in total. The van der Waals surface area contributed by atoms with E-state index in [2.05, 4.69) is 5.32 Å². The number of rotatable bonds is 6. The van der Waals surface area contributed by atoms with E-state index in [1.165, 1.54) is 23.1 Å². The fraction of sp³-hybridized carbons (Fsp3) is 0.286. The minimum atomic E-state index is -0.571. The van der Waals surface area contributed by atoms with Crippen molar-refractivity contribution in [3.63, 3.8) is 0 Å². The molecule has 1 fully saturated rings. The third kappa shape index (κ3) is 4.92. The highest BCUT2D eigenvalue weighted by Gasteiger charge is 2.35. The third-order valence-electron chi connectivity index (χ3n) is 4.54. The van der Waals surface area contributed by atoms with Gasteiger partial charge in [-0.15, -0.1) is 0 Å². The van der Waals surface area contributed by atoms with E-state index >= 15 is 0 Å². The average Bonchev–Trinajstić information content (AvgIpc) is 3.10. The number of nitrogens with zero attached hydrogens (tertiary/aromatic N) is 1. The van der Waals surface area contributed by atoms with E-state index in [1.54, 1.807) is 24.3 Å². The zero-order valence-corrected chi connectivity index (χ0v) is 16.5. The molecule has 1 saturated heterocycles. The van der Waals surface area contributed by atoms with Crippen molar-refractivity contribution < 1.29 is 23.5 Å². The van der Waals surface area contributed by atoms with Gasteiger partial charge in [0.25, 0.3) is 0 Å². The fourth-order valence-electron chi connectivity index (χ4n) is 3.00. The predicted molar refractivity (Wildman–Crippen MR) is 108 cm³/mol. The van der Waals surface area contributed by atoms with Crippen molar-refractivity contribution in [3.05, 3.63) is 58.9 Å². The van der Waals surface area contributed by atoms with Crippen LogP contribution in [0.4, 0.5) is 15.8 Å². The van der Waals surface area contributed by atoms with E-state index in [1.807, 2.05) is 6.92 Å². The highest BCUT2D eigenvalue weighted by molar-refractivity contribution is 6.31. The van der Waals surface area contributed by atoms with Crippen LogP contribution in [0.3, 0.4) is 0 Å². The number of halogens is 2. The van der Waals surface area contributed by atoms with E-state index < -0.39 is 17.7 Å². The van der Waals surface area contributed by atoms with Crippen LogP contribution in [0, 0.1) is 11.7 Å². The molecule has 0 aliphatic carbocycles. The van der Waals surface area contributed by atoms with Crippen molar-refractivity contribution in [2.24, 2.45) is 5.92 Å². The van der Waals surface area contributed by atoms with E-state index in [4.69, 9.17) is 16.3 Å². The molecule has 8 heteroatoms. The molecule has 1 atom stereocenters. The standard InChI is InChI=1S/C21H20ClFN2O4/c1-2-9-29-21(28)13-3-5-15(6-4-13)24-20(27)14-10-19(26)25(12-14)16-7-8-18(23)17(22)11-16/h3-8,11,14H,2,9-10,12H2,1H3,(H,24,27). The van der Waals surface area contributed by atoms with Crippen LogP contribution in [0.5, 0.6) is 0 Å². The molecule has 3 rings (SSSR count). The second kappa shape index (κ2) is 9.05. The van der Waals surface area contributed by atoms with Gasteiger partial charge < -0.3 is 15.0 Å². The van der Waals surface area contributed by atoms with Gasteiger partial charge in [-0.2, -0.15) is 0 Å². The van der Waals surface area contributed by atoms with Gasteiger partial charge in [0, 0.05) is 24.3 Å². The van der Waals surface area contributed by atoms with Crippen LogP contribution >= 0.6 is 11.6 Å². The van der Waals surface area contributed by atoms with E-state index in [0.717, 1.165) is 6.42 Å². The number of anilines is 2. The molecule has 1 aliphatic heterocycles. The normalized spacial score (nSPS) is 16.0. The van der Waals surface area contributed by atoms with E-state index in [0.29, 0.717) is 23.5 Å². The average molecular weight is 419 g/mol. The maximum absolute atomic E-state index is 13.3. The smallest absolute Gasteiger partial charge is 0.338 e. The molecule has 0 saturated carbocycles. The molecule has 1 N–H and O–H groups in total. The van der Waals surface area contributed by atoms with Crippen molar-refractivity contribution in [2.75, 3.05) is 23.4 Å². The van der Waals surface area contributed by atoms with Gasteiger partial charge >= 0.3 is 5.97 Å². The summed E-state index contributed by atoms with van der Waals surface area (Å²) >= 11 is 5.78. The van der Waals surface area contributed by atoms with Crippen LogP contribution in [0.1, 0.15) is 30.1 Å². The lowest BCUT2D eigenvalue weighted by atomic mass is 10.1. The molecule has 0 spiro atoms. The molecule has 1 unspecified atom stereocenters. The Bertz CT molecular complexity index is 933. The van der Waals surface area contributed by atoms with Gasteiger partial charge in [-0.3, -0.25) is 9.59 Å². The van der Waals surface area contributed by atoms with Crippen LogP contribution in [-0.2, 0) is 14.3 Å². The molecule has 0 aromatic heterocycles. The number of amides is 2. The van der Waals surface area contributed by atoms with Crippen LogP contribution in [-0.4, -0.2) is 30.9 Å². The van der Waals surface area contributed by atoms with E-state index in [9.17, 15) is 18.8 Å². The van der Waals surface area contributed by atoms with Crippen LogP contribution in [0.2, 0.25) is 5.02 Å². The minimum Gasteiger partial charge on any atom is -0.462 e. The number of carbonyl (C=O) groups excluding carboxylic acids is 3. The molecule has 0 bridgehead atoms. The number of benzene rings is 2. The molecule has 2 amide bonds. The fourth-order valence-corrected chi connectivity index (χ4v) is 3.17. The highest BCUT2D eigenvalue weighted by atomic mass is 35.5. The lowest BCUT2D eigenvalue weighted by molar-refractivity contribution is -0.122. The van der Waals surface area contributed by atoms with E-state index in [-0.39, 0.29) is 29.8 Å². The number of ether oxygens (including phenoxy) is 1. The number of hydrogen-bond donors (Lipinski definition) is 1. The first-order valence-corrected chi connectivity index (χ1v) is 9.60. The number of nitrogens with one attached hydrogen (secondary N) is 1. The Morgan fingerprint density at radius 3 is 2.62 bits per heavy atom. The first-order chi connectivity index (χ1) is 13.9. The second-order valence-electron chi connectivity index (χ2n) is 6.71. The Hall–Kier alpha value is -2.93. The van der Waals surface area contributed by atoms with Gasteiger partial charge in [-0.25, -0.2) is 9.18 Å². The van der Waals surface area contributed by atoms with Crippen molar-refractivity contribution in [1.82, 2.24) is 0 Å². The molecule has 152 valence electrons. The Morgan fingerprint density at radius 1 is 1.24 bits per heavy atom. The van der Waals surface area contributed by atoms with Gasteiger partial charge in [0.1, 0.15) is 5.82 Å². The zero-order chi connectivity index (χ0) is 21.0. The summed E-state index contributed by atoms with van der Waals surface area (Å²) in [6.45, 7) is 2.43. The molecular weight excluding hydrogens is 399 g/mol. The summed E-state index contributed by atoms with van der Waals surface area (Å²) in [5, 5.41) is 2.67. The quantitative estimate of drug-likeness (QED) is 0.718. The summed E-state index contributed by atoms with van der Waals surface area (Å²) in [6.07, 6.45) is 0.781. The Labute approximate surface area is 172 Å². The lowest BCUT2D eigenvalue weighted by Gasteiger charge is -2.17. The Kier molecular flexibility index (Phi) is 6.49. The monoisotopic (exact) mass is 418 g/mol.